The minimum absolute atomic E-state index is 0.161. The van der Waals surface area contributed by atoms with Crippen LogP contribution in [0, 0.1) is 5.82 Å². The van der Waals surface area contributed by atoms with Crippen LogP contribution >= 0.6 is 11.8 Å². The van der Waals surface area contributed by atoms with E-state index < -0.39 is 0 Å². The zero-order valence-electron chi connectivity index (χ0n) is 10.9. The highest BCUT2D eigenvalue weighted by Crippen LogP contribution is 2.19. The van der Waals surface area contributed by atoms with Gasteiger partial charge in [-0.1, -0.05) is 13.0 Å². The molecule has 0 bridgehead atoms. The zero-order chi connectivity index (χ0) is 13.4. The molecule has 1 rings (SSSR count). The average Bonchev–Trinajstić information content (AvgIpc) is 2.38. The maximum atomic E-state index is 13.5. The molecule has 0 spiro atoms. The van der Waals surface area contributed by atoms with E-state index in [9.17, 15) is 4.39 Å². The van der Waals surface area contributed by atoms with Gasteiger partial charge in [0.15, 0.2) is 11.6 Å². The van der Waals surface area contributed by atoms with E-state index in [1.165, 1.54) is 13.2 Å². The van der Waals surface area contributed by atoms with Crippen molar-refractivity contribution in [3.8, 4) is 5.75 Å². The molecular weight excluding hydrogens is 251 g/mol. The number of benzene rings is 1. The molecule has 0 radical (unpaired) electrons. The smallest absolute Gasteiger partial charge is 0.165 e. The molecule has 18 heavy (non-hydrogen) atoms. The highest BCUT2D eigenvalue weighted by Gasteiger charge is 2.10. The lowest BCUT2D eigenvalue weighted by Gasteiger charge is -2.15. The van der Waals surface area contributed by atoms with Crippen molar-refractivity contribution < 1.29 is 9.13 Å². The van der Waals surface area contributed by atoms with E-state index >= 15 is 0 Å². The largest absolute Gasteiger partial charge is 0.494 e. The second kappa shape index (κ2) is 8.34. The monoisotopic (exact) mass is 272 g/mol. The Bertz CT molecular complexity index is 363. The minimum Gasteiger partial charge on any atom is -0.494 e. The summed E-state index contributed by atoms with van der Waals surface area (Å²) in [7, 11) is 1.46. The number of hydrazine groups is 1. The Morgan fingerprint density at radius 2 is 2.28 bits per heavy atom. The number of nitrogens with two attached hydrogens (primary N) is 1. The lowest BCUT2D eigenvalue weighted by atomic mass is 10.1. The van der Waals surface area contributed by atoms with Gasteiger partial charge in [-0.05, 0) is 36.3 Å². The van der Waals surface area contributed by atoms with Crippen LogP contribution in [0.2, 0.25) is 0 Å². The summed E-state index contributed by atoms with van der Waals surface area (Å²) in [5.41, 5.74) is 3.71. The molecule has 0 fully saturated rings. The standard InChI is InChI=1S/C13H21FN2OS/c1-3-6-18-9-11(16-15)7-10-4-5-13(17-2)12(14)8-10/h4-5,8,11,16H,3,6-7,9,15H2,1-2H3. The van der Waals surface area contributed by atoms with E-state index in [4.69, 9.17) is 10.6 Å². The number of hydrogen-bond acceptors (Lipinski definition) is 4. The van der Waals surface area contributed by atoms with Crippen LogP contribution in [0.25, 0.3) is 0 Å². The SMILES string of the molecule is CCCSCC(Cc1ccc(OC)c(F)c1)NN. The molecule has 0 saturated carbocycles. The van der Waals surface area contributed by atoms with Gasteiger partial charge in [0.1, 0.15) is 0 Å². The van der Waals surface area contributed by atoms with Crippen molar-refractivity contribution in [2.45, 2.75) is 25.8 Å². The molecule has 1 aromatic rings. The molecule has 0 amide bonds. The summed E-state index contributed by atoms with van der Waals surface area (Å²) in [5.74, 6) is 7.51. The zero-order valence-corrected chi connectivity index (χ0v) is 11.7. The van der Waals surface area contributed by atoms with Crippen LogP contribution < -0.4 is 16.0 Å². The first-order chi connectivity index (χ1) is 8.71. The molecule has 0 aliphatic carbocycles. The first-order valence-corrected chi connectivity index (χ1v) is 7.23. The van der Waals surface area contributed by atoms with Gasteiger partial charge in [-0.25, -0.2) is 4.39 Å². The van der Waals surface area contributed by atoms with E-state index in [0.717, 1.165) is 23.5 Å². The predicted octanol–water partition coefficient (Wildman–Crippen LogP) is 2.35. The first kappa shape index (κ1) is 15.3. The summed E-state index contributed by atoms with van der Waals surface area (Å²) in [6.07, 6.45) is 1.87. The summed E-state index contributed by atoms with van der Waals surface area (Å²) in [4.78, 5) is 0. The van der Waals surface area contributed by atoms with Crippen molar-refractivity contribution in [1.82, 2.24) is 5.43 Å². The van der Waals surface area contributed by atoms with Gasteiger partial charge in [0.05, 0.1) is 7.11 Å². The number of ether oxygens (including phenoxy) is 1. The maximum Gasteiger partial charge on any atom is 0.165 e. The van der Waals surface area contributed by atoms with Gasteiger partial charge in [0.25, 0.3) is 0 Å². The number of rotatable bonds is 8. The Labute approximate surface area is 112 Å². The fourth-order valence-corrected chi connectivity index (χ4v) is 2.61. The van der Waals surface area contributed by atoms with Crippen molar-refractivity contribution in [1.29, 1.82) is 0 Å². The van der Waals surface area contributed by atoms with Gasteiger partial charge in [0.2, 0.25) is 0 Å². The molecule has 0 aliphatic heterocycles. The molecule has 1 unspecified atom stereocenters. The Balaban J connectivity index is 2.55. The van der Waals surface area contributed by atoms with Crippen LogP contribution in [0.15, 0.2) is 18.2 Å². The van der Waals surface area contributed by atoms with Crippen LogP contribution in [0.4, 0.5) is 4.39 Å². The summed E-state index contributed by atoms with van der Waals surface area (Å²) < 4.78 is 18.4. The summed E-state index contributed by atoms with van der Waals surface area (Å²) in [5, 5.41) is 0. The average molecular weight is 272 g/mol. The molecular formula is C13H21FN2OS. The normalized spacial score (nSPS) is 12.4. The summed E-state index contributed by atoms with van der Waals surface area (Å²) in [6.45, 7) is 2.15. The molecule has 0 saturated heterocycles. The van der Waals surface area contributed by atoms with E-state index in [-0.39, 0.29) is 17.6 Å². The molecule has 102 valence electrons. The Morgan fingerprint density at radius 1 is 1.50 bits per heavy atom. The molecule has 1 atom stereocenters. The number of nitrogens with one attached hydrogen (secondary N) is 1. The van der Waals surface area contributed by atoms with Crippen LogP contribution in [-0.2, 0) is 6.42 Å². The van der Waals surface area contributed by atoms with Crippen molar-refractivity contribution in [2.75, 3.05) is 18.6 Å². The van der Waals surface area contributed by atoms with Crippen molar-refractivity contribution in [3.05, 3.63) is 29.6 Å². The second-order valence-corrected chi connectivity index (χ2v) is 5.26. The van der Waals surface area contributed by atoms with Gasteiger partial charge in [-0.15, -0.1) is 0 Å². The lowest BCUT2D eigenvalue weighted by Crippen LogP contribution is -2.38. The van der Waals surface area contributed by atoms with E-state index in [1.807, 2.05) is 17.8 Å². The van der Waals surface area contributed by atoms with Gasteiger partial charge in [-0.2, -0.15) is 11.8 Å². The Morgan fingerprint density at radius 3 is 2.83 bits per heavy atom. The Kier molecular flexibility index (Phi) is 7.08. The minimum atomic E-state index is -0.327. The van der Waals surface area contributed by atoms with Gasteiger partial charge in [0, 0.05) is 11.8 Å². The topological polar surface area (TPSA) is 47.3 Å². The molecule has 3 nitrogen and oxygen atoms in total. The van der Waals surface area contributed by atoms with Crippen LogP contribution in [-0.4, -0.2) is 24.7 Å². The summed E-state index contributed by atoms with van der Waals surface area (Å²) >= 11 is 1.86. The summed E-state index contributed by atoms with van der Waals surface area (Å²) in [6, 6.07) is 5.19. The molecule has 5 heteroatoms. The highest BCUT2D eigenvalue weighted by molar-refractivity contribution is 7.99. The van der Waals surface area contributed by atoms with Gasteiger partial charge < -0.3 is 4.74 Å². The quantitative estimate of drug-likeness (QED) is 0.433. The van der Waals surface area contributed by atoms with Crippen molar-refractivity contribution in [3.63, 3.8) is 0 Å². The second-order valence-electron chi connectivity index (χ2n) is 4.11. The third-order valence-corrected chi connectivity index (χ3v) is 3.94. The fourth-order valence-electron chi connectivity index (χ4n) is 1.66. The van der Waals surface area contributed by atoms with Gasteiger partial charge in [-0.3, -0.25) is 11.3 Å². The lowest BCUT2D eigenvalue weighted by molar-refractivity contribution is 0.386. The number of methoxy groups -OCH3 is 1. The van der Waals surface area contributed by atoms with Crippen LogP contribution in [0.1, 0.15) is 18.9 Å². The third kappa shape index (κ3) is 4.84. The predicted molar refractivity (Wildman–Crippen MR) is 75.4 cm³/mol. The molecule has 3 N–H and O–H groups in total. The fraction of sp³-hybridized carbons (Fsp3) is 0.538. The first-order valence-electron chi connectivity index (χ1n) is 6.07. The highest BCUT2D eigenvalue weighted by atomic mass is 32.2. The molecule has 0 aromatic heterocycles. The molecule has 1 aromatic carbocycles. The number of halogens is 1. The van der Waals surface area contributed by atoms with Crippen molar-refractivity contribution in [2.24, 2.45) is 5.84 Å². The van der Waals surface area contributed by atoms with Crippen LogP contribution in [0.3, 0.4) is 0 Å². The van der Waals surface area contributed by atoms with E-state index in [1.54, 1.807) is 6.07 Å². The van der Waals surface area contributed by atoms with E-state index in [0.29, 0.717) is 6.42 Å². The maximum absolute atomic E-state index is 13.5. The third-order valence-electron chi connectivity index (χ3n) is 2.60. The molecule has 0 aliphatic rings. The number of thioether (sulfide) groups is 1. The molecule has 0 heterocycles. The number of hydrogen-bond donors (Lipinski definition) is 2. The van der Waals surface area contributed by atoms with E-state index in [2.05, 4.69) is 12.3 Å². The Hall–Kier alpha value is -0.780. The van der Waals surface area contributed by atoms with Crippen LogP contribution in [0.5, 0.6) is 5.75 Å². The van der Waals surface area contributed by atoms with Gasteiger partial charge >= 0.3 is 0 Å². The van der Waals surface area contributed by atoms with Crippen molar-refractivity contribution >= 4 is 11.8 Å².